The highest BCUT2D eigenvalue weighted by molar-refractivity contribution is 8.00. The molecule has 8 heteroatoms. The van der Waals surface area contributed by atoms with Crippen molar-refractivity contribution < 1.29 is 13.9 Å². The molecule has 0 radical (unpaired) electrons. The minimum Gasteiger partial charge on any atom is -0.492 e. The van der Waals surface area contributed by atoms with E-state index < -0.39 is 5.25 Å². The highest BCUT2D eigenvalue weighted by Crippen LogP contribution is 2.30. The van der Waals surface area contributed by atoms with Crippen LogP contribution in [-0.2, 0) is 11.3 Å². The molecule has 0 spiro atoms. The van der Waals surface area contributed by atoms with Crippen molar-refractivity contribution in [3.63, 3.8) is 0 Å². The normalized spacial score (nSPS) is 11.8. The SMILES string of the molecule is C=CCn1c(SC(C)C(=O)Nc2ccccc2OCC)nnc1-c1ccoc1C. The first kappa shape index (κ1) is 20.7. The second kappa shape index (κ2) is 9.47. The molecule has 1 N–H and O–H groups in total. The maximum Gasteiger partial charge on any atom is 0.237 e. The van der Waals surface area contributed by atoms with Gasteiger partial charge < -0.3 is 14.5 Å². The number of nitrogens with one attached hydrogen (secondary N) is 1. The molecule has 1 aromatic carbocycles. The summed E-state index contributed by atoms with van der Waals surface area (Å²) in [5.41, 5.74) is 1.52. The number of anilines is 1. The van der Waals surface area contributed by atoms with Crippen molar-refractivity contribution in [2.24, 2.45) is 0 Å². The molecule has 0 bridgehead atoms. The molecular formula is C21H24N4O3S. The van der Waals surface area contributed by atoms with Crippen LogP contribution in [0.25, 0.3) is 11.4 Å². The predicted octanol–water partition coefficient (Wildman–Crippen LogP) is 4.55. The van der Waals surface area contributed by atoms with Gasteiger partial charge in [0.25, 0.3) is 0 Å². The molecule has 0 saturated heterocycles. The minimum absolute atomic E-state index is 0.142. The number of rotatable bonds is 9. The molecule has 0 aliphatic rings. The van der Waals surface area contributed by atoms with E-state index in [-0.39, 0.29) is 5.91 Å². The van der Waals surface area contributed by atoms with E-state index in [0.29, 0.717) is 35.6 Å². The fourth-order valence-corrected chi connectivity index (χ4v) is 3.64. The molecule has 152 valence electrons. The van der Waals surface area contributed by atoms with Crippen molar-refractivity contribution >= 4 is 23.4 Å². The zero-order chi connectivity index (χ0) is 20.8. The van der Waals surface area contributed by atoms with Crippen molar-refractivity contribution in [1.82, 2.24) is 14.8 Å². The van der Waals surface area contributed by atoms with E-state index in [0.717, 1.165) is 11.3 Å². The third kappa shape index (κ3) is 4.71. The predicted molar refractivity (Wildman–Crippen MR) is 114 cm³/mol. The quantitative estimate of drug-likeness (QED) is 0.410. The van der Waals surface area contributed by atoms with Gasteiger partial charge in [-0.1, -0.05) is 30.0 Å². The van der Waals surface area contributed by atoms with Crippen molar-refractivity contribution in [1.29, 1.82) is 0 Å². The topological polar surface area (TPSA) is 82.2 Å². The first-order chi connectivity index (χ1) is 14.0. The fourth-order valence-electron chi connectivity index (χ4n) is 2.78. The largest absolute Gasteiger partial charge is 0.492 e. The van der Waals surface area contributed by atoms with Crippen molar-refractivity contribution in [2.45, 2.75) is 37.7 Å². The molecule has 3 aromatic rings. The van der Waals surface area contributed by atoms with Gasteiger partial charge in [0.1, 0.15) is 11.5 Å². The molecule has 0 aliphatic heterocycles. The van der Waals surface area contributed by atoms with Crippen molar-refractivity contribution in [3.8, 4) is 17.1 Å². The molecule has 1 atom stereocenters. The van der Waals surface area contributed by atoms with Gasteiger partial charge in [0, 0.05) is 6.54 Å². The van der Waals surface area contributed by atoms with Crippen LogP contribution in [0, 0.1) is 6.92 Å². The summed E-state index contributed by atoms with van der Waals surface area (Å²) < 4.78 is 12.9. The van der Waals surface area contributed by atoms with Crippen LogP contribution in [0.4, 0.5) is 5.69 Å². The number of hydrogen-bond acceptors (Lipinski definition) is 6. The van der Waals surface area contributed by atoms with E-state index in [9.17, 15) is 4.79 Å². The number of carbonyl (C=O) groups excluding carboxylic acids is 1. The Hall–Kier alpha value is -3.00. The lowest BCUT2D eigenvalue weighted by atomic mass is 10.2. The number of benzene rings is 1. The van der Waals surface area contributed by atoms with Gasteiger partial charge in [-0.2, -0.15) is 0 Å². The molecule has 1 unspecified atom stereocenters. The molecule has 7 nitrogen and oxygen atoms in total. The van der Waals surface area contributed by atoms with Crippen LogP contribution in [0.1, 0.15) is 19.6 Å². The lowest BCUT2D eigenvalue weighted by molar-refractivity contribution is -0.115. The number of allylic oxidation sites excluding steroid dienone is 1. The Kier molecular flexibility index (Phi) is 6.77. The summed E-state index contributed by atoms with van der Waals surface area (Å²) in [6.45, 7) is 10.5. The van der Waals surface area contributed by atoms with Crippen LogP contribution in [-0.4, -0.2) is 32.5 Å². The molecule has 0 fully saturated rings. The highest BCUT2D eigenvalue weighted by Gasteiger charge is 2.22. The zero-order valence-corrected chi connectivity index (χ0v) is 17.5. The summed E-state index contributed by atoms with van der Waals surface area (Å²) >= 11 is 1.34. The number of nitrogens with zero attached hydrogens (tertiary/aromatic N) is 3. The molecule has 3 rings (SSSR count). The van der Waals surface area contributed by atoms with Crippen molar-refractivity contribution in [3.05, 3.63) is 55.0 Å². The molecule has 0 aliphatic carbocycles. The Bertz CT molecular complexity index is 995. The Balaban J connectivity index is 1.77. The van der Waals surface area contributed by atoms with E-state index in [4.69, 9.17) is 9.15 Å². The number of amides is 1. The number of aryl methyl sites for hydroxylation is 1. The smallest absolute Gasteiger partial charge is 0.237 e. The van der Waals surface area contributed by atoms with E-state index >= 15 is 0 Å². The molecule has 0 saturated carbocycles. The van der Waals surface area contributed by atoms with E-state index in [1.807, 2.05) is 55.7 Å². The minimum atomic E-state index is -0.393. The first-order valence-electron chi connectivity index (χ1n) is 9.33. The number of hydrogen-bond donors (Lipinski definition) is 1. The summed E-state index contributed by atoms with van der Waals surface area (Å²) in [6.07, 6.45) is 3.39. The van der Waals surface area contributed by atoms with Crippen LogP contribution in [0.15, 0.2) is 58.8 Å². The third-order valence-electron chi connectivity index (χ3n) is 4.22. The van der Waals surface area contributed by atoms with Gasteiger partial charge in [0.2, 0.25) is 5.91 Å². The summed E-state index contributed by atoms with van der Waals surface area (Å²) in [5.74, 6) is 1.95. The first-order valence-corrected chi connectivity index (χ1v) is 10.2. The third-order valence-corrected chi connectivity index (χ3v) is 5.30. The van der Waals surface area contributed by atoms with Crippen molar-refractivity contribution in [2.75, 3.05) is 11.9 Å². The maximum atomic E-state index is 12.8. The van der Waals surface area contributed by atoms with Gasteiger partial charge in [-0.15, -0.1) is 16.8 Å². The Morgan fingerprint density at radius 1 is 1.38 bits per heavy atom. The lowest BCUT2D eigenvalue weighted by Gasteiger charge is -2.15. The second-order valence-corrected chi connectivity index (χ2v) is 7.58. The lowest BCUT2D eigenvalue weighted by Crippen LogP contribution is -2.23. The summed E-state index contributed by atoms with van der Waals surface area (Å²) in [6, 6.07) is 9.23. The van der Waals surface area contributed by atoms with Gasteiger partial charge in [-0.3, -0.25) is 9.36 Å². The van der Waals surface area contributed by atoms with Gasteiger partial charge in [-0.25, -0.2) is 0 Å². The number of para-hydroxylation sites is 2. The summed E-state index contributed by atoms with van der Waals surface area (Å²) in [7, 11) is 0. The Morgan fingerprint density at radius 3 is 2.86 bits per heavy atom. The number of thioether (sulfide) groups is 1. The molecule has 1 amide bonds. The van der Waals surface area contributed by atoms with Crippen LogP contribution in [0.3, 0.4) is 0 Å². The average Bonchev–Trinajstić information content (AvgIpc) is 3.30. The Labute approximate surface area is 174 Å². The van der Waals surface area contributed by atoms with Crippen LogP contribution < -0.4 is 10.1 Å². The molecule has 2 heterocycles. The summed E-state index contributed by atoms with van der Waals surface area (Å²) in [5, 5.41) is 11.8. The number of carbonyl (C=O) groups is 1. The van der Waals surface area contributed by atoms with Gasteiger partial charge in [0.15, 0.2) is 11.0 Å². The number of aromatic nitrogens is 3. The van der Waals surface area contributed by atoms with Gasteiger partial charge >= 0.3 is 0 Å². The summed E-state index contributed by atoms with van der Waals surface area (Å²) in [4.78, 5) is 12.8. The molecule has 29 heavy (non-hydrogen) atoms. The van der Waals surface area contributed by atoms with Crippen LogP contribution >= 0.6 is 11.8 Å². The Morgan fingerprint density at radius 2 is 2.17 bits per heavy atom. The van der Waals surface area contributed by atoms with E-state index in [2.05, 4.69) is 22.1 Å². The van der Waals surface area contributed by atoms with E-state index in [1.54, 1.807) is 12.3 Å². The van der Waals surface area contributed by atoms with Gasteiger partial charge in [-0.05, 0) is 39.0 Å². The molecule has 2 aromatic heterocycles. The maximum absolute atomic E-state index is 12.8. The van der Waals surface area contributed by atoms with Crippen LogP contribution in [0.2, 0.25) is 0 Å². The fraction of sp³-hybridized carbons (Fsp3) is 0.286. The monoisotopic (exact) mass is 412 g/mol. The number of furan rings is 1. The molecular weight excluding hydrogens is 388 g/mol. The standard InChI is InChI=1S/C21H24N4O3S/c1-5-12-25-19(16-11-13-28-14(16)3)23-24-21(25)29-15(4)20(26)22-17-9-7-8-10-18(17)27-6-2/h5,7-11,13,15H,1,6,12H2,2-4H3,(H,22,26). The van der Waals surface area contributed by atoms with Gasteiger partial charge in [0.05, 0.1) is 29.4 Å². The number of ether oxygens (including phenoxy) is 1. The zero-order valence-electron chi connectivity index (χ0n) is 16.7. The average molecular weight is 413 g/mol. The van der Waals surface area contributed by atoms with Crippen LogP contribution in [0.5, 0.6) is 5.75 Å². The highest BCUT2D eigenvalue weighted by atomic mass is 32.2. The second-order valence-electron chi connectivity index (χ2n) is 6.27. The van der Waals surface area contributed by atoms with E-state index in [1.165, 1.54) is 11.8 Å².